The fourth-order valence-electron chi connectivity index (χ4n) is 1.23. The Labute approximate surface area is 110 Å². The molecule has 0 spiro atoms. The second kappa shape index (κ2) is 5.51. The van der Waals surface area contributed by atoms with Crippen LogP contribution in [0.2, 0.25) is 0 Å². The molecule has 1 aromatic carbocycles. The Morgan fingerprint density at radius 1 is 1.47 bits per heavy atom. The lowest BCUT2D eigenvalue weighted by Crippen LogP contribution is -2.48. The van der Waals surface area contributed by atoms with Gasteiger partial charge in [0, 0.05) is 10.2 Å². The van der Waals surface area contributed by atoms with Crippen LogP contribution in [0.15, 0.2) is 22.7 Å². The van der Waals surface area contributed by atoms with Gasteiger partial charge >= 0.3 is 6.03 Å². The quantitative estimate of drug-likeness (QED) is 0.804. The number of aliphatic hydroxyl groups excluding tert-OH is 1. The fraction of sp³-hybridized carbons (Fsp3) is 0.417. The Hall–Kier alpha value is -1.07. The van der Waals surface area contributed by atoms with Crippen molar-refractivity contribution in [2.24, 2.45) is 0 Å². The number of anilines is 1. The SMILES string of the molecule is Cc1ccc(Br)cc1NC(=O)NC(C)(C)CO. The largest absolute Gasteiger partial charge is 0.394 e. The first kappa shape index (κ1) is 14.0. The summed E-state index contributed by atoms with van der Waals surface area (Å²) in [6.07, 6.45) is 0. The second-order valence-corrected chi connectivity index (χ2v) is 5.50. The van der Waals surface area contributed by atoms with Gasteiger partial charge < -0.3 is 15.7 Å². The zero-order valence-corrected chi connectivity index (χ0v) is 11.8. The summed E-state index contributed by atoms with van der Waals surface area (Å²) in [6, 6.07) is 5.33. The van der Waals surface area contributed by atoms with E-state index in [1.54, 1.807) is 13.8 Å². The lowest BCUT2D eigenvalue weighted by Gasteiger charge is -2.23. The Bertz CT molecular complexity index is 419. The van der Waals surface area contributed by atoms with Crippen molar-refractivity contribution in [3.8, 4) is 0 Å². The Morgan fingerprint density at radius 3 is 2.71 bits per heavy atom. The summed E-state index contributed by atoms with van der Waals surface area (Å²) in [6.45, 7) is 5.30. The number of halogens is 1. The van der Waals surface area contributed by atoms with Crippen molar-refractivity contribution in [3.63, 3.8) is 0 Å². The molecule has 0 heterocycles. The number of amides is 2. The van der Waals surface area contributed by atoms with E-state index in [0.717, 1.165) is 15.7 Å². The summed E-state index contributed by atoms with van der Waals surface area (Å²) in [4.78, 5) is 11.7. The van der Waals surface area contributed by atoms with Gasteiger partial charge in [0.25, 0.3) is 0 Å². The molecule has 5 heteroatoms. The van der Waals surface area contributed by atoms with Crippen molar-refractivity contribution in [1.82, 2.24) is 5.32 Å². The number of urea groups is 1. The van der Waals surface area contributed by atoms with Crippen LogP contribution in [0.3, 0.4) is 0 Å². The summed E-state index contributed by atoms with van der Waals surface area (Å²) in [5.41, 5.74) is 1.08. The molecule has 0 saturated heterocycles. The topological polar surface area (TPSA) is 61.4 Å². The molecule has 94 valence electrons. The zero-order valence-electron chi connectivity index (χ0n) is 10.2. The van der Waals surface area contributed by atoms with E-state index in [0.29, 0.717) is 0 Å². The summed E-state index contributed by atoms with van der Waals surface area (Å²) in [5, 5.41) is 14.5. The van der Waals surface area contributed by atoms with Crippen molar-refractivity contribution >= 4 is 27.6 Å². The van der Waals surface area contributed by atoms with E-state index in [-0.39, 0.29) is 12.6 Å². The molecule has 0 radical (unpaired) electrons. The van der Waals surface area contributed by atoms with E-state index in [4.69, 9.17) is 5.11 Å². The highest BCUT2D eigenvalue weighted by Crippen LogP contribution is 2.20. The van der Waals surface area contributed by atoms with E-state index in [9.17, 15) is 4.79 Å². The summed E-state index contributed by atoms with van der Waals surface area (Å²) < 4.78 is 0.903. The monoisotopic (exact) mass is 300 g/mol. The van der Waals surface area contributed by atoms with Gasteiger partial charge in [0.1, 0.15) is 0 Å². The Balaban J connectivity index is 2.71. The minimum absolute atomic E-state index is 0.113. The lowest BCUT2D eigenvalue weighted by atomic mass is 10.1. The number of carbonyl (C=O) groups excluding carboxylic acids is 1. The maximum absolute atomic E-state index is 11.7. The van der Waals surface area contributed by atoms with Crippen molar-refractivity contribution in [2.45, 2.75) is 26.3 Å². The molecule has 0 aliphatic carbocycles. The summed E-state index contributed by atoms with van der Waals surface area (Å²) in [5.74, 6) is 0. The number of nitrogens with one attached hydrogen (secondary N) is 2. The maximum Gasteiger partial charge on any atom is 0.319 e. The molecule has 0 aliphatic rings. The fourth-order valence-corrected chi connectivity index (χ4v) is 1.59. The minimum Gasteiger partial charge on any atom is -0.394 e. The van der Waals surface area contributed by atoms with Crippen LogP contribution in [0.1, 0.15) is 19.4 Å². The van der Waals surface area contributed by atoms with Crippen LogP contribution in [0, 0.1) is 6.92 Å². The third-order valence-corrected chi connectivity index (χ3v) is 2.79. The molecule has 0 aromatic heterocycles. The van der Waals surface area contributed by atoms with Gasteiger partial charge in [-0.2, -0.15) is 0 Å². The van der Waals surface area contributed by atoms with Crippen LogP contribution in [0.5, 0.6) is 0 Å². The molecule has 0 atom stereocenters. The van der Waals surface area contributed by atoms with Gasteiger partial charge in [0.15, 0.2) is 0 Å². The highest BCUT2D eigenvalue weighted by Gasteiger charge is 2.19. The van der Waals surface area contributed by atoms with Gasteiger partial charge in [-0.25, -0.2) is 4.79 Å². The predicted octanol–water partition coefficient (Wildman–Crippen LogP) is 2.65. The Kier molecular flexibility index (Phi) is 4.54. The molecule has 0 fully saturated rings. The molecule has 1 aromatic rings. The molecular weight excluding hydrogens is 284 g/mol. The number of benzene rings is 1. The van der Waals surface area contributed by atoms with Gasteiger partial charge in [0.2, 0.25) is 0 Å². The average molecular weight is 301 g/mol. The number of aryl methyl sites for hydroxylation is 1. The number of hydrogen-bond acceptors (Lipinski definition) is 2. The van der Waals surface area contributed by atoms with Crippen LogP contribution in [0.25, 0.3) is 0 Å². The summed E-state index contributed by atoms with van der Waals surface area (Å²) >= 11 is 3.35. The van der Waals surface area contributed by atoms with Crippen LogP contribution >= 0.6 is 15.9 Å². The molecule has 2 amide bonds. The minimum atomic E-state index is -0.635. The van der Waals surface area contributed by atoms with Crippen molar-refractivity contribution in [2.75, 3.05) is 11.9 Å². The summed E-state index contributed by atoms with van der Waals surface area (Å²) in [7, 11) is 0. The van der Waals surface area contributed by atoms with Crippen LogP contribution in [-0.4, -0.2) is 23.3 Å². The highest BCUT2D eigenvalue weighted by molar-refractivity contribution is 9.10. The first-order valence-corrected chi connectivity index (χ1v) is 6.09. The Morgan fingerprint density at radius 2 is 2.12 bits per heavy atom. The number of hydrogen-bond donors (Lipinski definition) is 3. The van der Waals surface area contributed by atoms with E-state index in [1.807, 2.05) is 25.1 Å². The maximum atomic E-state index is 11.7. The normalized spacial score (nSPS) is 11.1. The van der Waals surface area contributed by atoms with E-state index in [2.05, 4.69) is 26.6 Å². The van der Waals surface area contributed by atoms with Crippen molar-refractivity contribution in [1.29, 1.82) is 0 Å². The first-order valence-electron chi connectivity index (χ1n) is 5.30. The number of rotatable bonds is 3. The molecule has 3 N–H and O–H groups in total. The van der Waals surface area contributed by atoms with Gasteiger partial charge in [-0.3, -0.25) is 0 Å². The van der Waals surface area contributed by atoms with Crippen LogP contribution < -0.4 is 10.6 Å². The first-order chi connectivity index (χ1) is 7.84. The van der Waals surface area contributed by atoms with Gasteiger partial charge in [-0.05, 0) is 38.5 Å². The van der Waals surface area contributed by atoms with Gasteiger partial charge in [0.05, 0.1) is 12.1 Å². The zero-order chi connectivity index (χ0) is 13.1. The molecule has 0 aliphatic heterocycles. The van der Waals surface area contributed by atoms with Crippen molar-refractivity contribution < 1.29 is 9.90 Å². The van der Waals surface area contributed by atoms with E-state index < -0.39 is 5.54 Å². The van der Waals surface area contributed by atoms with Gasteiger partial charge in [-0.1, -0.05) is 22.0 Å². The van der Waals surface area contributed by atoms with Gasteiger partial charge in [-0.15, -0.1) is 0 Å². The standard InChI is InChI=1S/C12H17BrN2O2/c1-8-4-5-9(13)6-10(8)14-11(17)15-12(2,3)7-16/h4-6,16H,7H2,1-3H3,(H2,14,15,17). The molecular formula is C12H17BrN2O2. The van der Waals surface area contributed by atoms with E-state index >= 15 is 0 Å². The van der Waals surface area contributed by atoms with Crippen molar-refractivity contribution in [3.05, 3.63) is 28.2 Å². The van der Waals surface area contributed by atoms with Crippen LogP contribution in [0.4, 0.5) is 10.5 Å². The van der Waals surface area contributed by atoms with E-state index in [1.165, 1.54) is 0 Å². The lowest BCUT2D eigenvalue weighted by molar-refractivity contribution is 0.187. The number of aliphatic hydroxyl groups is 1. The molecule has 0 unspecified atom stereocenters. The third-order valence-electron chi connectivity index (χ3n) is 2.30. The third kappa shape index (κ3) is 4.36. The molecule has 0 saturated carbocycles. The molecule has 0 bridgehead atoms. The molecule has 1 rings (SSSR count). The molecule has 17 heavy (non-hydrogen) atoms. The highest BCUT2D eigenvalue weighted by atomic mass is 79.9. The smallest absolute Gasteiger partial charge is 0.319 e. The second-order valence-electron chi connectivity index (χ2n) is 4.58. The van der Waals surface area contributed by atoms with Crippen LogP contribution in [-0.2, 0) is 0 Å². The predicted molar refractivity (Wildman–Crippen MR) is 72.2 cm³/mol. The molecule has 4 nitrogen and oxygen atoms in total. The average Bonchev–Trinajstić information content (AvgIpc) is 2.23. The number of carbonyl (C=O) groups is 1.